The largest absolute Gasteiger partial charge is 0.393 e. The SMILES string of the molecule is Cc1c(CNC2CN(c3ncnc4sc(CC(F)(F)F)cc34)CC2C2CCCCCC2)ccc2[nH]c(C#N)cc12. The second-order valence-corrected chi connectivity index (χ2v) is 12.4. The number of halogens is 3. The van der Waals surface area contributed by atoms with Crippen molar-refractivity contribution in [2.24, 2.45) is 11.8 Å². The highest BCUT2D eigenvalue weighted by molar-refractivity contribution is 7.18. The molecule has 0 spiro atoms. The zero-order valence-electron chi connectivity index (χ0n) is 22.5. The molecule has 1 saturated heterocycles. The smallest absolute Gasteiger partial charge is 0.354 e. The zero-order valence-corrected chi connectivity index (χ0v) is 23.3. The van der Waals surface area contributed by atoms with Crippen LogP contribution < -0.4 is 10.2 Å². The van der Waals surface area contributed by atoms with Gasteiger partial charge in [-0.25, -0.2) is 9.97 Å². The van der Waals surface area contributed by atoms with Crippen LogP contribution in [0.4, 0.5) is 19.0 Å². The van der Waals surface area contributed by atoms with Gasteiger partial charge in [0.15, 0.2) is 0 Å². The van der Waals surface area contributed by atoms with Crippen molar-refractivity contribution in [3.8, 4) is 6.07 Å². The lowest BCUT2D eigenvalue weighted by Gasteiger charge is -2.28. The molecule has 2 atom stereocenters. The average molecular weight is 567 g/mol. The Kier molecular flexibility index (Phi) is 7.44. The number of aryl methyl sites for hydroxylation is 1. The maximum Gasteiger partial charge on any atom is 0.393 e. The molecule has 2 N–H and O–H groups in total. The molecule has 40 heavy (non-hydrogen) atoms. The van der Waals surface area contributed by atoms with Gasteiger partial charge in [0, 0.05) is 41.5 Å². The quantitative estimate of drug-likeness (QED) is 0.245. The number of hydrogen-bond acceptors (Lipinski definition) is 6. The van der Waals surface area contributed by atoms with E-state index in [1.54, 1.807) is 6.07 Å². The first kappa shape index (κ1) is 27.0. The van der Waals surface area contributed by atoms with E-state index in [0.717, 1.165) is 46.7 Å². The number of alkyl halides is 3. The summed E-state index contributed by atoms with van der Waals surface area (Å²) in [5.41, 5.74) is 3.89. The number of nitrogens with zero attached hydrogens (tertiary/aromatic N) is 4. The molecule has 6 rings (SSSR count). The Balaban J connectivity index is 1.27. The molecule has 4 heterocycles. The van der Waals surface area contributed by atoms with Gasteiger partial charge >= 0.3 is 6.18 Å². The van der Waals surface area contributed by atoms with Crippen LogP contribution in [-0.4, -0.2) is 40.3 Å². The summed E-state index contributed by atoms with van der Waals surface area (Å²) >= 11 is 1.11. The minimum Gasteiger partial charge on any atom is -0.354 e. The number of aromatic amines is 1. The van der Waals surface area contributed by atoms with Crippen LogP contribution in [0.2, 0.25) is 0 Å². The van der Waals surface area contributed by atoms with Crippen LogP contribution >= 0.6 is 11.3 Å². The van der Waals surface area contributed by atoms with E-state index >= 15 is 0 Å². The summed E-state index contributed by atoms with van der Waals surface area (Å²) in [6.07, 6.45) is 3.80. The van der Waals surface area contributed by atoms with Gasteiger partial charge in [-0.05, 0) is 48.1 Å². The number of nitriles is 1. The number of nitrogens with one attached hydrogen (secondary N) is 2. The number of benzene rings is 1. The predicted octanol–water partition coefficient (Wildman–Crippen LogP) is 7.02. The Morgan fingerprint density at radius 2 is 1.90 bits per heavy atom. The van der Waals surface area contributed by atoms with Crippen molar-refractivity contribution >= 4 is 38.3 Å². The molecule has 1 saturated carbocycles. The van der Waals surface area contributed by atoms with E-state index in [1.807, 2.05) is 12.1 Å². The van der Waals surface area contributed by atoms with Gasteiger partial charge in [0.1, 0.15) is 28.7 Å². The molecule has 1 aliphatic heterocycles. The number of aromatic nitrogens is 3. The van der Waals surface area contributed by atoms with Crippen LogP contribution in [-0.2, 0) is 13.0 Å². The highest BCUT2D eigenvalue weighted by atomic mass is 32.1. The lowest BCUT2D eigenvalue weighted by atomic mass is 9.83. The van der Waals surface area contributed by atoms with Crippen LogP contribution in [0.1, 0.15) is 60.2 Å². The van der Waals surface area contributed by atoms with Crippen molar-refractivity contribution in [1.82, 2.24) is 20.3 Å². The first-order valence-corrected chi connectivity index (χ1v) is 14.9. The van der Waals surface area contributed by atoms with Crippen LogP contribution in [0.15, 0.2) is 30.6 Å². The molecule has 3 aromatic heterocycles. The summed E-state index contributed by atoms with van der Waals surface area (Å²) in [6, 6.07) is 10.1. The molecule has 2 aliphatic rings. The van der Waals surface area contributed by atoms with E-state index in [1.165, 1.54) is 50.4 Å². The molecule has 10 heteroatoms. The fourth-order valence-corrected chi connectivity index (χ4v) is 7.77. The lowest BCUT2D eigenvalue weighted by molar-refractivity contribution is -0.126. The van der Waals surface area contributed by atoms with Gasteiger partial charge in [0.05, 0.1) is 11.8 Å². The van der Waals surface area contributed by atoms with Crippen LogP contribution in [0.3, 0.4) is 0 Å². The number of H-pyrrole nitrogens is 1. The number of rotatable bonds is 6. The number of anilines is 1. The standard InChI is InChI=1S/C30H33F3N6S/c1-18-20(8-9-26-23(18)10-21(13-34)38-26)14-35-27-16-39(15-25(27)19-6-4-2-3-5-7-19)28-24-11-22(12-30(31,32)33)40-29(24)37-17-36-28/h8-11,17,19,25,27,35,38H,2-7,12,14-16H2,1H3. The molecule has 4 aromatic rings. The number of fused-ring (bicyclic) bond motifs is 2. The molecule has 0 bridgehead atoms. The van der Waals surface area contributed by atoms with E-state index in [-0.39, 0.29) is 10.9 Å². The van der Waals surface area contributed by atoms with Crippen molar-refractivity contribution in [1.29, 1.82) is 5.26 Å². The minimum absolute atomic E-state index is 0.234. The highest BCUT2D eigenvalue weighted by Gasteiger charge is 2.39. The van der Waals surface area contributed by atoms with Gasteiger partial charge in [-0.15, -0.1) is 11.3 Å². The Morgan fingerprint density at radius 1 is 1.10 bits per heavy atom. The van der Waals surface area contributed by atoms with E-state index in [0.29, 0.717) is 34.3 Å². The van der Waals surface area contributed by atoms with Crippen LogP contribution in [0.5, 0.6) is 0 Å². The molecular weight excluding hydrogens is 533 g/mol. The van der Waals surface area contributed by atoms with E-state index in [2.05, 4.69) is 44.2 Å². The van der Waals surface area contributed by atoms with Gasteiger partial charge in [0.25, 0.3) is 0 Å². The van der Waals surface area contributed by atoms with Crippen molar-refractivity contribution in [2.45, 2.75) is 70.6 Å². The number of thiophene rings is 1. The molecule has 0 amide bonds. The first-order valence-electron chi connectivity index (χ1n) is 14.1. The van der Waals surface area contributed by atoms with Gasteiger partial charge in [-0.1, -0.05) is 44.6 Å². The molecule has 2 fully saturated rings. The Hall–Kier alpha value is -3.16. The van der Waals surface area contributed by atoms with E-state index < -0.39 is 12.6 Å². The fraction of sp³-hybridized carbons (Fsp3) is 0.500. The Labute approximate surface area is 235 Å². The summed E-state index contributed by atoms with van der Waals surface area (Å²) < 4.78 is 39.3. The first-order chi connectivity index (χ1) is 19.3. The predicted molar refractivity (Wildman–Crippen MR) is 152 cm³/mol. The summed E-state index contributed by atoms with van der Waals surface area (Å²) in [5, 5.41) is 15.0. The van der Waals surface area contributed by atoms with Crippen molar-refractivity contribution in [3.63, 3.8) is 0 Å². The number of hydrogen-bond donors (Lipinski definition) is 2. The molecule has 0 radical (unpaired) electrons. The molecule has 1 aromatic carbocycles. The normalized spacial score (nSPS) is 20.8. The molecule has 210 valence electrons. The maximum atomic E-state index is 13.1. The Bertz CT molecular complexity index is 1540. The molecule has 6 nitrogen and oxygen atoms in total. The molecule has 1 aliphatic carbocycles. The van der Waals surface area contributed by atoms with Crippen molar-refractivity contribution < 1.29 is 13.2 Å². The maximum absolute atomic E-state index is 13.1. The van der Waals surface area contributed by atoms with Crippen LogP contribution in [0.25, 0.3) is 21.1 Å². The van der Waals surface area contributed by atoms with Gasteiger partial charge in [-0.3, -0.25) is 0 Å². The summed E-state index contributed by atoms with van der Waals surface area (Å²) in [4.78, 5) is 15.2. The Morgan fingerprint density at radius 3 is 2.65 bits per heavy atom. The minimum atomic E-state index is -4.25. The van der Waals surface area contributed by atoms with Gasteiger partial charge < -0.3 is 15.2 Å². The van der Waals surface area contributed by atoms with Crippen molar-refractivity contribution in [2.75, 3.05) is 18.0 Å². The second-order valence-electron chi connectivity index (χ2n) is 11.3. The van der Waals surface area contributed by atoms with Crippen LogP contribution in [0, 0.1) is 30.1 Å². The van der Waals surface area contributed by atoms with E-state index in [9.17, 15) is 18.4 Å². The lowest BCUT2D eigenvalue weighted by Crippen LogP contribution is -2.39. The average Bonchev–Trinajstić information content (AvgIpc) is 3.58. The third-order valence-corrected chi connectivity index (χ3v) is 9.81. The van der Waals surface area contributed by atoms with E-state index in [4.69, 9.17) is 0 Å². The third kappa shape index (κ3) is 5.54. The van der Waals surface area contributed by atoms with Crippen molar-refractivity contribution in [3.05, 3.63) is 52.3 Å². The zero-order chi connectivity index (χ0) is 27.9. The monoisotopic (exact) mass is 566 g/mol. The van der Waals surface area contributed by atoms with Gasteiger partial charge in [-0.2, -0.15) is 18.4 Å². The van der Waals surface area contributed by atoms with Gasteiger partial charge in [0.2, 0.25) is 0 Å². The second kappa shape index (κ2) is 11.0. The topological polar surface area (TPSA) is 80.6 Å². The highest BCUT2D eigenvalue weighted by Crippen LogP contribution is 2.39. The summed E-state index contributed by atoms with van der Waals surface area (Å²) in [6.45, 7) is 4.40. The summed E-state index contributed by atoms with van der Waals surface area (Å²) in [7, 11) is 0. The molecule has 2 unspecified atom stereocenters. The molecular formula is C30H33F3N6S. The third-order valence-electron chi connectivity index (χ3n) is 8.76. The fourth-order valence-electron chi connectivity index (χ4n) is 6.75. The summed E-state index contributed by atoms with van der Waals surface area (Å²) in [5.74, 6) is 1.78.